The van der Waals surface area contributed by atoms with Crippen LogP contribution in [0.1, 0.15) is 29.5 Å². The maximum Gasteiger partial charge on any atom is 0.289 e. The highest BCUT2D eigenvalue weighted by atomic mass is 35.5. The van der Waals surface area contributed by atoms with Gasteiger partial charge in [0, 0.05) is 30.6 Å². The molecule has 1 aliphatic heterocycles. The fourth-order valence-corrected chi connectivity index (χ4v) is 3.05. The SMILES string of the molecule is CCOc1ccc2oc(C(=O)N3CCCN(C)CC3)c(C)c2c1.Cl. The molecule has 1 fully saturated rings. The number of hydrogen-bond donors (Lipinski definition) is 0. The molecule has 5 nitrogen and oxygen atoms in total. The molecule has 1 amide bonds. The van der Waals surface area contributed by atoms with E-state index in [9.17, 15) is 4.79 Å². The summed E-state index contributed by atoms with van der Waals surface area (Å²) in [6, 6.07) is 5.70. The molecule has 24 heavy (non-hydrogen) atoms. The molecule has 1 aromatic heterocycles. The molecule has 132 valence electrons. The number of benzene rings is 1. The lowest BCUT2D eigenvalue weighted by Crippen LogP contribution is -2.34. The molecule has 0 saturated carbocycles. The molecular weight excluding hydrogens is 328 g/mol. The molecule has 0 N–H and O–H groups in total. The van der Waals surface area contributed by atoms with Crippen molar-refractivity contribution in [3.63, 3.8) is 0 Å². The Labute approximate surface area is 148 Å². The quantitative estimate of drug-likeness (QED) is 0.850. The summed E-state index contributed by atoms with van der Waals surface area (Å²) in [7, 11) is 2.09. The summed E-state index contributed by atoms with van der Waals surface area (Å²) in [5, 5.41) is 0.950. The number of aryl methyl sites for hydroxylation is 1. The van der Waals surface area contributed by atoms with Crippen molar-refractivity contribution in [3.05, 3.63) is 29.5 Å². The number of rotatable bonds is 3. The zero-order chi connectivity index (χ0) is 16.4. The summed E-state index contributed by atoms with van der Waals surface area (Å²) < 4.78 is 11.4. The van der Waals surface area contributed by atoms with E-state index in [2.05, 4.69) is 11.9 Å². The van der Waals surface area contributed by atoms with Crippen molar-refractivity contribution in [3.8, 4) is 5.75 Å². The highest BCUT2D eigenvalue weighted by Gasteiger charge is 2.24. The first kappa shape index (κ1) is 18.6. The lowest BCUT2D eigenvalue weighted by Gasteiger charge is -2.19. The molecule has 0 aliphatic carbocycles. The number of likely N-dealkylation sites (N-methyl/N-ethyl adjacent to an activating group) is 1. The predicted octanol–water partition coefficient (Wildman–Crippen LogP) is 3.34. The van der Waals surface area contributed by atoms with Gasteiger partial charge in [-0.1, -0.05) is 0 Å². The Bertz CT molecular complexity index is 714. The van der Waals surface area contributed by atoms with Gasteiger partial charge in [-0.15, -0.1) is 12.4 Å². The molecule has 0 atom stereocenters. The second-order valence-electron chi connectivity index (χ2n) is 6.10. The van der Waals surface area contributed by atoms with Gasteiger partial charge < -0.3 is 19.0 Å². The number of halogens is 1. The number of furan rings is 1. The number of hydrogen-bond acceptors (Lipinski definition) is 4. The van der Waals surface area contributed by atoms with E-state index in [1.165, 1.54) is 0 Å². The van der Waals surface area contributed by atoms with Gasteiger partial charge in [-0.25, -0.2) is 0 Å². The van der Waals surface area contributed by atoms with Gasteiger partial charge in [0.05, 0.1) is 6.61 Å². The van der Waals surface area contributed by atoms with Crippen LogP contribution in [-0.2, 0) is 0 Å². The fourth-order valence-electron chi connectivity index (χ4n) is 3.05. The molecule has 0 bridgehead atoms. The van der Waals surface area contributed by atoms with Crippen LogP contribution in [0.25, 0.3) is 11.0 Å². The van der Waals surface area contributed by atoms with E-state index in [1.807, 2.05) is 36.9 Å². The Morgan fingerprint density at radius 2 is 2.04 bits per heavy atom. The molecular formula is C18H25ClN2O3. The summed E-state index contributed by atoms with van der Waals surface area (Å²) in [5.74, 6) is 1.25. The first-order valence-corrected chi connectivity index (χ1v) is 8.24. The van der Waals surface area contributed by atoms with Crippen molar-refractivity contribution in [2.75, 3.05) is 39.8 Å². The van der Waals surface area contributed by atoms with Crippen molar-refractivity contribution < 1.29 is 13.9 Å². The van der Waals surface area contributed by atoms with Crippen LogP contribution in [0.5, 0.6) is 5.75 Å². The highest BCUT2D eigenvalue weighted by molar-refractivity contribution is 5.99. The molecule has 2 heterocycles. The normalized spacial score (nSPS) is 15.9. The minimum atomic E-state index is -0.00744. The molecule has 2 aromatic rings. The molecule has 0 unspecified atom stereocenters. The maximum absolute atomic E-state index is 12.8. The van der Waals surface area contributed by atoms with Crippen LogP contribution in [-0.4, -0.2) is 55.5 Å². The predicted molar refractivity (Wildman–Crippen MR) is 97.4 cm³/mol. The average Bonchev–Trinajstić information content (AvgIpc) is 2.72. The van der Waals surface area contributed by atoms with Crippen molar-refractivity contribution >= 4 is 29.3 Å². The third-order valence-corrected chi connectivity index (χ3v) is 4.42. The van der Waals surface area contributed by atoms with E-state index in [1.54, 1.807) is 0 Å². The van der Waals surface area contributed by atoms with Crippen LogP contribution in [0, 0.1) is 6.92 Å². The average molecular weight is 353 g/mol. The number of carbonyl (C=O) groups is 1. The van der Waals surface area contributed by atoms with Crippen LogP contribution in [0.4, 0.5) is 0 Å². The van der Waals surface area contributed by atoms with Gasteiger partial charge in [0.2, 0.25) is 0 Å². The van der Waals surface area contributed by atoms with E-state index < -0.39 is 0 Å². The van der Waals surface area contributed by atoms with Gasteiger partial charge >= 0.3 is 0 Å². The Kier molecular flexibility index (Phi) is 6.13. The lowest BCUT2D eigenvalue weighted by atomic mass is 10.1. The molecule has 0 radical (unpaired) electrons. The smallest absolute Gasteiger partial charge is 0.289 e. The monoisotopic (exact) mass is 352 g/mol. The number of fused-ring (bicyclic) bond motifs is 1. The summed E-state index contributed by atoms with van der Waals surface area (Å²) in [5.41, 5.74) is 1.63. The van der Waals surface area contributed by atoms with E-state index in [-0.39, 0.29) is 18.3 Å². The Morgan fingerprint density at radius 3 is 2.79 bits per heavy atom. The second kappa shape index (κ2) is 7.90. The van der Waals surface area contributed by atoms with Crippen LogP contribution in [0.2, 0.25) is 0 Å². The topological polar surface area (TPSA) is 45.9 Å². The first-order chi connectivity index (χ1) is 11.1. The summed E-state index contributed by atoms with van der Waals surface area (Å²) in [4.78, 5) is 17.0. The van der Waals surface area contributed by atoms with Gasteiger partial charge in [0.15, 0.2) is 5.76 Å². The molecule has 1 aromatic carbocycles. The van der Waals surface area contributed by atoms with E-state index >= 15 is 0 Å². The number of carbonyl (C=O) groups excluding carboxylic acids is 1. The zero-order valence-electron chi connectivity index (χ0n) is 14.5. The lowest BCUT2D eigenvalue weighted by molar-refractivity contribution is 0.0732. The Morgan fingerprint density at radius 1 is 1.25 bits per heavy atom. The molecule has 0 spiro atoms. The number of nitrogens with zero attached hydrogens (tertiary/aromatic N) is 2. The minimum Gasteiger partial charge on any atom is -0.494 e. The summed E-state index contributed by atoms with van der Waals surface area (Å²) in [6.45, 7) is 7.98. The number of ether oxygens (including phenoxy) is 1. The Hall–Kier alpha value is -1.72. The third-order valence-electron chi connectivity index (χ3n) is 4.42. The van der Waals surface area contributed by atoms with Gasteiger partial charge in [0.25, 0.3) is 5.91 Å². The molecule has 3 rings (SSSR count). The van der Waals surface area contributed by atoms with Crippen molar-refractivity contribution in [2.45, 2.75) is 20.3 Å². The van der Waals surface area contributed by atoms with Crippen molar-refractivity contribution in [1.29, 1.82) is 0 Å². The van der Waals surface area contributed by atoms with Gasteiger partial charge in [-0.2, -0.15) is 0 Å². The van der Waals surface area contributed by atoms with Gasteiger partial charge in [-0.05, 0) is 52.1 Å². The number of amides is 1. The minimum absolute atomic E-state index is 0. The summed E-state index contributed by atoms with van der Waals surface area (Å²) >= 11 is 0. The van der Waals surface area contributed by atoms with Crippen molar-refractivity contribution in [1.82, 2.24) is 9.80 Å². The second-order valence-corrected chi connectivity index (χ2v) is 6.10. The van der Waals surface area contributed by atoms with E-state index in [0.717, 1.165) is 54.9 Å². The third kappa shape index (κ3) is 3.68. The van der Waals surface area contributed by atoms with E-state index in [4.69, 9.17) is 9.15 Å². The van der Waals surface area contributed by atoms with Crippen molar-refractivity contribution in [2.24, 2.45) is 0 Å². The molecule has 1 saturated heterocycles. The first-order valence-electron chi connectivity index (χ1n) is 8.24. The van der Waals surface area contributed by atoms with Crippen LogP contribution in [0.3, 0.4) is 0 Å². The van der Waals surface area contributed by atoms with Crippen LogP contribution in [0.15, 0.2) is 22.6 Å². The highest BCUT2D eigenvalue weighted by Crippen LogP contribution is 2.29. The van der Waals surface area contributed by atoms with E-state index in [0.29, 0.717) is 12.4 Å². The molecule has 1 aliphatic rings. The zero-order valence-corrected chi connectivity index (χ0v) is 15.3. The van der Waals surface area contributed by atoms with Gasteiger partial charge in [-0.3, -0.25) is 4.79 Å². The van der Waals surface area contributed by atoms with Crippen LogP contribution < -0.4 is 4.74 Å². The summed E-state index contributed by atoms with van der Waals surface area (Å²) in [6.07, 6.45) is 0.996. The van der Waals surface area contributed by atoms with Crippen LogP contribution >= 0.6 is 12.4 Å². The standard InChI is InChI=1S/C18H24N2O3.ClH/c1-4-22-14-6-7-16-15(12-14)13(2)17(23-16)18(21)20-9-5-8-19(3)10-11-20;/h6-7,12H,4-5,8-11H2,1-3H3;1H. The molecule has 6 heteroatoms. The largest absolute Gasteiger partial charge is 0.494 e. The fraction of sp³-hybridized carbons (Fsp3) is 0.500. The van der Waals surface area contributed by atoms with Gasteiger partial charge in [0.1, 0.15) is 11.3 Å². The maximum atomic E-state index is 12.8. The Balaban J connectivity index is 0.00000208.